The first-order chi connectivity index (χ1) is 13.0. The van der Waals surface area contributed by atoms with Gasteiger partial charge in [0.2, 0.25) is 0 Å². The van der Waals surface area contributed by atoms with Crippen LogP contribution in [-0.4, -0.2) is 84.2 Å². The summed E-state index contributed by atoms with van der Waals surface area (Å²) in [5.74, 6) is -0.293. The minimum absolute atomic E-state index is 0.0460. The van der Waals surface area contributed by atoms with Crippen molar-refractivity contribution in [2.45, 2.75) is 44.1 Å². The fourth-order valence-corrected chi connectivity index (χ4v) is 4.11. The number of pyridine rings is 1. The fraction of sp³-hybridized carbons (Fsp3) is 0.632. The molecule has 0 spiro atoms. The molecule has 146 valence electrons. The molecule has 2 amide bonds. The molecular weight excluding hydrogens is 348 g/mol. The van der Waals surface area contributed by atoms with Crippen molar-refractivity contribution in [3.63, 3.8) is 0 Å². The van der Waals surface area contributed by atoms with Crippen LogP contribution in [0.25, 0.3) is 0 Å². The normalized spacial score (nSPS) is 31.0. The maximum Gasteiger partial charge on any atom is 0.272 e. The predicted octanol–water partition coefficient (Wildman–Crippen LogP) is 0.743. The number of nitrogens with zero attached hydrogens (tertiary/aromatic N) is 3. The number of carbonyl (C=O) groups is 2. The van der Waals surface area contributed by atoms with Crippen molar-refractivity contribution in [2.75, 3.05) is 38.6 Å². The Balaban J connectivity index is 1.45. The van der Waals surface area contributed by atoms with Crippen molar-refractivity contribution < 1.29 is 19.1 Å². The third kappa shape index (κ3) is 3.83. The summed E-state index contributed by atoms with van der Waals surface area (Å²) in [6.45, 7) is 4.68. The maximum absolute atomic E-state index is 13.0. The first-order valence-electron chi connectivity index (χ1n) is 9.55. The standard InChI is InChI=1S/C19H26N4O4/c1-12-3-4-16(27-12)18(24)21-13-5-6-20-14(9-13)19(25)23-7-8-26-17-11-22(2)10-15(17)23/h5-6,9,12,15-17H,3-4,7-8,10-11H2,1-2H3,(H,20,21,24). The number of likely N-dealkylation sites (tertiary alicyclic amines) is 1. The largest absolute Gasteiger partial charge is 0.373 e. The molecule has 4 rings (SSSR count). The number of carbonyl (C=O) groups excluding carboxylic acids is 2. The molecule has 4 unspecified atom stereocenters. The quantitative estimate of drug-likeness (QED) is 0.840. The number of aromatic nitrogens is 1. The predicted molar refractivity (Wildman–Crippen MR) is 98.5 cm³/mol. The monoisotopic (exact) mass is 374 g/mol. The summed E-state index contributed by atoms with van der Waals surface area (Å²) in [6, 6.07) is 3.38. The van der Waals surface area contributed by atoms with E-state index >= 15 is 0 Å². The molecule has 1 aromatic heterocycles. The first-order valence-corrected chi connectivity index (χ1v) is 9.55. The van der Waals surface area contributed by atoms with E-state index < -0.39 is 6.10 Å². The Morgan fingerprint density at radius 2 is 2.15 bits per heavy atom. The Kier molecular flexibility index (Phi) is 5.12. The van der Waals surface area contributed by atoms with Gasteiger partial charge in [-0.1, -0.05) is 0 Å². The number of hydrogen-bond acceptors (Lipinski definition) is 6. The van der Waals surface area contributed by atoms with Gasteiger partial charge in [-0.25, -0.2) is 0 Å². The van der Waals surface area contributed by atoms with E-state index in [1.807, 2.05) is 18.9 Å². The molecule has 8 heteroatoms. The van der Waals surface area contributed by atoms with Gasteiger partial charge in [0, 0.05) is 31.5 Å². The highest BCUT2D eigenvalue weighted by Crippen LogP contribution is 2.24. The lowest BCUT2D eigenvalue weighted by Gasteiger charge is -2.36. The van der Waals surface area contributed by atoms with Gasteiger partial charge in [0.1, 0.15) is 11.8 Å². The summed E-state index contributed by atoms with van der Waals surface area (Å²) in [7, 11) is 2.03. The highest BCUT2D eigenvalue weighted by molar-refractivity contribution is 5.97. The summed E-state index contributed by atoms with van der Waals surface area (Å²) >= 11 is 0. The molecule has 0 radical (unpaired) electrons. The van der Waals surface area contributed by atoms with Crippen LogP contribution in [0.4, 0.5) is 5.69 Å². The number of nitrogens with one attached hydrogen (secondary N) is 1. The zero-order chi connectivity index (χ0) is 19.0. The van der Waals surface area contributed by atoms with Crippen molar-refractivity contribution in [3.8, 4) is 0 Å². The van der Waals surface area contributed by atoms with Crippen LogP contribution in [0.1, 0.15) is 30.3 Å². The third-order valence-electron chi connectivity index (χ3n) is 5.52. The number of ether oxygens (including phenoxy) is 2. The summed E-state index contributed by atoms with van der Waals surface area (Å²) in [5, 5.41) is 2.85. The van der Waals surface area contributed by atoms with Gasteiger partial charge >= 0.3 is 0 Å². The average molecular weight is 374 g/mol. The molecule has 1 aromatic rings. The third-order valence-corrected chi connectivity index (χ3v) is 5.52. The molecule has 3 aliphatic rings. The molecule has 4 atom stereocenters. The van der Waals surface area contributed by atoms with Crippen LogP contribution in [0.15, 0.2) is 18.3 Å². The Bertz CT molecular complexity index is 727. The number of fused-ring (bicyclic) bond motifs is 1. The Morgan fingerprint density at radius 1 is 1.30 bits per heavy atom. The van der Waals surface area contributed by atoms with Crippen LogP contribution in [0.3, 0.4) is 0 Å². The molecule has 0 aromatic carbocycles. The van der Waals surface area contributed by atoms with E-state index in [0.29, 0.717) is 31.0 Å². The zero-order valence-electron chi connectivity index (χ0n) is 15.8. The number of amides is 2. The Hall–Kier alpha value is -2.03. The van der Waals surface area contributed by atoms with Crippen LogP contribution >= 0.6 is 0 Å². The summed E-state index contributed by atoms with van der Waals surface area (Å²) in [4.78, 5) is 33.7. The molecule has 4 heterocycles. The second-order valence-corrected chi connectivity index (χ2v) is 7.63. The van der Waals surface area contributed by atoms with Gasteiger partial charge in [0.25, 0.3) is 11.8 Å². The smallest absolute Gasteiger partial charge is 0.272 e. The first kappa shape index (κ1) is 18.3. The lowest BCUT2D eigenvalue weighted by molar-refractivity contribution is -0.126. The number of morpholine rings is 1. The molecule has 1 N–H and O–H groups in total. The van der Waals surface area contributed by atoms with Gasteiger partial charge in [-0.15, -0.1) is 0 Å². The van der Waals surface area contributed by atoms with Gasteiger partial charge in [-0.2, -0.15) is 0 Å². The number of likely N-dealkylation sites (N-methyl/N-ethyl adjacent to an activating group) is 1. The molecule has 0 aliphatic carbocycles. The van der Waals surface area contributed by atoms with E-state index in [-0.39, 0.29) is 30.1 Å². The highest BCUT2D eigenvalue weighted by atomic mass is 16.5. The fourth-order valence-electron chi connectivity index (χ4n) is 4.11. The number of rotatable bonds is 3. The average Bonchev–Trinajstić information content (AvgIpc) is 3.25. The lowest BCUT2D eigenvalue weighted by Crippen LogP contribution is -2.53. The molecule has 27 heavy (non-hydrogen) atoms. The van der Waals surface area contributed by atoms with Crippen molar-refractivity contribution in [1.29, 1.82) is 0 Å². The highest BCUT2D eigenvalue weighted by Gasteiger charge is 2.41. The van der Waals surface area contributed by atoms with E-state index in [1.165, 1.54) is 0 Å². The van der Waals surface area contributed by atoms with Gasteiger partial charge in [-0.05, 0) is 38.9 Å². The minimum atomic E-state index is -0.429. The molecule has 0 bridgehead atoms. The minimum Gasteiger partial charge on any atom is -0.373 e. The van der Waals surface area contributed by atoms with Crippen LogP contribution in [0.2, 0.25) is 0 Å². The van der Waals surface area contributed by atoms with E-state index in [0.717, 1.165) is 19.5 Å². The van der Waals surface area contributed by atoms with E-state index in [2.05, 4.69) is 15.2 Å². The van der Waals surface area contributed by atoms with Gasteiger partial charge in [-0.3, -0.25) is 14.6 Å². The SMILES string of the molecule is CC1CCC(C(=O)Nc2ccnc(C(=O)N3CCOC4CN(C)CC43)c2)O1. The van der Waals surface area contributed by atoms with Crippen LogP contribution < -0.4 is 5.32 Å². The van der Waals surface area contributed by atoms with E-state index in [4.69, 9.17) is 9.47 Å². The van der Waals surface area contributed by atoms with E-state index in [1.54, 1.807) is 18.3 Å². The second-order valence-electron chi connectivity index (χ2n) is 7.63. The summed E-state index contributed by atoms with van der Waals surface area (Å²) < 4.78 is 11.4. The van der Waals surface area contributed by atoms with Crippen LogP contribution in [0.5, 0.6) is 0 Å². The molecule has 3 fully saturated rings. The summed E-state index contributed by atoms with van der Waals surface area (Å²) in [5.41, 5.74) is 0.901. The zero-order valence-corrected chi connectivity index (χ0v) is 15.8. The molecular formula is C19H26N4O4. The van der Waals surface area contributed by atoms with Crippen molar-refractivity contribution >= 4 is 17.5 Å². The van der Waals surface area contributed by atoms with Crippen molar-refractivity contribution in [1.82, 2.24) is 14.8 Å². The van der Waals surface area contributed by atoms with Gasteiger partial charge < -0.3 is 24.6 Å². The molecule has 0 saturated carbocycles. The maximum atomic E-state index is 13.0. The van der Waals surface area contributed by atoms with Crippen molar-refractivity contribution in [3.05, 3.63) is 24.0 Å². The molecule has 3 saturated heterocycles. The Labute approximate surface area is 158 Å². The van der Waals surface area contributed by atoms with Crippen molar-refractivity contribution in [2.24, 2.45) is 0 Å². The van der Waals surface area contributed by atoms with E-state index in [9.17, 15) is 9.59 Å². The van der Waals surface area contributed by atoms with Crippen LogP contribution in [0, 0.1) is 0 Å². The summed E-state index contributed by atoms with van der Waals surface area (Å²) in [6.07, 6.45) is 2.88. The topological polar surface area (TPSA) is 84.0 Å². The van der Waals surface area contributed by atoms with Gasteiger partial charge in [0.15, 0.2) is 0 Å². The van der Waals surface area contributed by atoms with Gasteiger partial charge in [0.05, 0.1) is 24.9 Å². The Morgan fingerprint density at radius 3 is 2.93 bits per heavy atom. The number of anilines is 1. The molecule has 8 nitrogen and oxygen atoms in total. The second kappa shape index (κ2) is 7.53. The van der Waals surface area contributed by atoms with Crippen LogP contribution in [-0.2, 0) is 14.3 Å². The molecule has 3 aliphatic heterocycles. The lowest BCUT2D eigenvalue weighted by atomic mass is 10.1. The number of hydrogen-bond donors (Lipinski definition) is 1.